The molecule has 3 heterocycles. The highest BCUT2D eigenvalue weighted by Crippen LogP contribution is 2.33. The van der Waals surface area contributed by atoms with Crippen molar-refractivity contribution >= 4 is 11.6 Å². The molecule has 1 unspecified atom stereocenters. The normalized spacial score (nSPS) is 28.9. The molecule has 0 saturated carbocycles. The molecule has 1 aromatic carbocycles. The average molecular weight is 256 g/mol. The predicted molar refractivity (Wildman–Crippen MR) is 77.1 cm³/mol. The highest BCUT2D eigenvalue weighted by atomic mass is 16.2. The van der Waals surface area contributed by atoms with Crippen molar-refractivity contribution in [3.63, 3.8) is 0 Å². The molecule has 0 N–H and O–H groups in total. The second-order valence-electron chi connectivity index (χ2n) is 5.45. The number of hydrogen-bond acceptors (Lipinski definition) is 2. The molecule has 1 atom stereocenters. The molecule has 1 aromatic rings. The molecule has 0 aromatic heterocycles. The van der Waals surface area contributed by atoms with Gasteiger partial charge in [-0.3, -0.25) is 4.79 Å². The van der Waals surface area contributed by atoms with Crippen molar-refractivity contribution in [2.24, 2.45) is 5.92 Å². The Labute approximate surface area is 114 Å². The Morgan fingerprint density at radius 1 is 1.26 bits per heavy atom. The number of para-hydroxylation sites is 1. The zero-order valence-electron chi connectivity index (χ0n) is 11.2. The lowest BCUT2D eigenvalue weighted by Crippen LogP contribution is -2.58. The van der Waals surface area contributed by atoms with Gasteiger partial charge in [0.05, 0.1) is 6.04 Å². The molecule has 0 radical (unpaired) electrons. The number of benzene rings is 1. The van der Waals surface area contributed by atoms with Gasteiger partial charge in [-0.25, -0.2) is 0 Å². The third-order valence-electron chi connectivity index (χ3n) is 4.40. The maximum atomic E-state index is 12.3. The minimum Gasteiger partial charge on any atom is -0.304 e. The zero-order valence-corrected chi connectivity index (χ0v) is 11.2. The van der Waals surface area contributed by atoms with Crippen molar-refractivity contribution in [3.05, 3.63) is 43.0 Å². The Bertz CT molecular complexity index is 463. The second kappa shape index (κ2) is 5.17. The van der Waals surface area contributed by atoms with Gasteiger partial charge in [-0.1, -0.05) is 24.8 Å². The van der Waals surface area contributed by atoms with E-state index >= 15 is 0 Å². The molecule has 19 heavy (non-hydrogen) atoms. The van der Waals surface area contributed by atoms with E-state index in [1.165, 1.54) is 32.0 Å². The zero-order chi connectivity index (χ0) is 13.2. The molecule has 3 aliphatic rings. The van der Waals surface area contributed by atoms with Crippen LogP contribution in [0, 0.1) is 5.92 Å². The molecule has 2 bridgehead atoms. The van der Waals surface area contributed by atoms with Gasteiger partial charge in [-0.15, -0.1) is 0 Å². The number of anilines is 1. The largest absolute Gasteiger partial charge is 0.304 e. The minimum atomic E-state index is 0.0185. The number of fused-ring (bicyclic) bond motifs is 3. The molecule has 100 valence electrons. The number of rotatable bonds is 3. The number of carbonyl (C=O) groups excluding carboxylic acids is 1. The van der Waals surface area contributed by atoms with Crippen molar-refractivity contribution in [2.75, 3.05) is 24.5 Å². The highest BCUT2D eigenvalue weighted by molar-refractivity contribution is 6.01. The quantitative estimate of drug-likeness (QED) is 0.775. The summed E-state index contributed by atoms with van der Waals surface area (Å²) in [6.45, 7) is 7.03. The van der Waals surface area contributed by atoms with E-state index in [-0.39, 0.29) is 5.91 Å². The van der Waals surface area contributed by atoms with Crippen LogP contribution in [-0.2, 0) is 4.79 Å². The molecule has 4 rings (SSSR count). The molecule has 3 fully saturated rings. The fraction of sp³-hybridized carbons (Fsp3) is 0.438. The summed E-state index contributed by atoms with van der Waals surface area (Å²) in [7, 11) is 0. The molecular formula is C16H20N2O. The number of hydrogen-bond donors (Lipinski definition) is 0. The maximum absolute atomic E-state index is 12.3. The lowest BCUT2D eigenvalue weighted by Gasteiger charge is -2.48. The van der Waals surface area contributed by atoms with E-state index in [1.54, 1.807) is 0 Å². The Morgan fingerprint density at radius 3 is 2.47 bits per heavy atom. The Morgan fingerprint density at radius 2 is 1.95 bits per heavy atom. The molecule has 1 amide bonds. The van der Waals surface area contributed by atoms with Crippen LogP contribution < -0.4 is 4.90 Å². The van der Waals surface area contributed by atoms with E-state index in [2.05, 4.69) is 11.5 Å². The first-order valence-electron chi connectivity index (χ1n) is 7.02. The van der Waals surface area contributed by atoms with Crippen LogP contribution in [0.2, 0.25) is 0 Å². The predicted octanol–water partition coefficient (Wildman–Crippen LogP) is 2.30. The molecule has 3 nitrogen and oxygen atoms in total. The summed E-state index contributed by atoms with van der Waals surface area (Å²) in [4.78, 5) is 16.7. The lowest BCUT2D eigenvalue weighted by molar-refractivity contribution is -0.115. The van der Waals surface area contributed by atoms with Crippen molar-refractivity contribution in [2.45, 2.75) is 18.9 Å². The number of piperidine rings is 3. The van der Waals surface area contributed by atoms with Crippen LogP contribution in [0.4, 0.5) is 5.69 Å². The molecule has 3 heteroatoms. The Hall–Kier alpha value is -1.61. The first-order valence-corrected chi connectivity index (χ1v) is 7.02. The van der Waals surface area contributed by atoms with Crippen molar-refractivity contribution in [1.29, 1.82) is 0 Å². The molecule has 3 saturated heterocycles. The third kappa shape index (κ3) is 2.30. The van der Waals surface area contributed by atoms with Gasteiger partial charge in [0.25, 0.3) is 5.91 Å². The third-order valence-corrected chi connectivity index (χ3v) is 4.40. The minimum absolute atomic E-state index is 0.0185. The summed E-state index contributed by atoms with van der Waals surface area (Å²) in [5, 5.41) is 0. The monoisotopic (exact) mass is 256 g/mol. The van der Waals surface area contributed by atoms with Crippen molar-refractivity contribution < 1.29 is 4.79 Å². The fourth-order valence-corrected chi connectivity index (χ4v) is 3.40. The van der Waals surface area contributed by atoms with Crippen LogP contribution in [0.5, 0.6) is 0 Å². The number of carbonyl (C=O) groups is 1. The number of amides is 1. The van der Waals surface area contributed by atoms with Gasteiger partial charge < -0.3 is 9.80 Å². The van der Waals surface area contributed by atoms with Gasteiger partial charge in [0, 0.05) is 12.2 Å². The van der Waals surface area contributed by atoms with E-state index in [0.29, 0.717) is 12.0 Å². The van der Waals surface area contributed by atoms with Crippen LogP contribution in [-0.4, -0.2) is 36.5 Å². The van der Waals surface area contributed by atoms with Gasteiger partial charge in [0.15, 0.2) is 0 Å². The first-order chi connectivity index (χ1) is 9.29. The SMILES string of the molecule is C=CC(=O)N(c1ccccc1)C1CN2CCC1CC2. The van der Waals surface area contributed by atoms with Gasteiger partial charge >= 0.3 is 0 Å². The van der Waals surface area contributed by atoms with Gasteiger partial charge in [-0.2, -0.15) is 0 Å². The van der Waals surface area contributed by atoms with E-state index in [9.17, 15) is 4.79 Å². The van der Waals surface area contributed by atoms with Gasteiger partial charge in [0.2, 0.25) is 0 Å². The average Bonchev–Trinajstić information content (AvgIpc) is 2.50. The van der Waals surface area contributed by atoms with Gasteiger partial charge in [0.1, 0.15) is 0 Å². The van der Waals surface area contributed by atoms with Crippen LogP contribution in [0.1, 0.15) is 12.8 Å². The summed E-state index contributed by atoms with van der Waals surface area (Å²) in [5.41, 5.74) is 0.992. The summed E-state index contributed by atoms with van der Waals surface area (Å²) < 4.78 is 0. The highest BCUT2D eigenvalue weighted by Gasteiger charge is 2.39. The Kier molecular flexibility index (Phi) is 3.38. The fourth-order valence-electron chi connectivity index (χ4n) is 3.40. The summed E-state index contributed by atoms with van der Waals surface area (Å²) in [5.74, 6) is 0.652. The topological polar surface area (TPSA) is 23.6 Å². The molecule has 3 aliphatic heterocycles. The maximum Gasteiger partial charge on any atom is 0.250 e. The standard InChI is InChI=1S/C16H20N2O/c1-2-16(19)18(14-6-4-3-5-7-14)15-12-17-10-8-13(15)9-11-17/h2-7,13,15H,1,8-12H2. The second-order valence-corrected chi connectivity index (χ2v) is 5.45. The summed E-state index contributed by atoms with van der Waals surface area (Å²) in [6.07, 6.45) is 3.85. The van der Waals surface area contributed by atoms with Crippen molar-refractivity contribution in [1.82, 2.24) is 4.90 Å². The summed E-state index contributed by atoms with van der Waals surface area (Å²) >= 11 is 0. The lowest BCUT2D eigenvalue weighted by atomic mass is 9.83. The van der Waals surface area contributed by atoms with Crippen LogP contribution in [0.3, 0.4) is 0 Å². The molecular weight excluding hydrogens is 236 g/mol. The van der Waals surface area contributed by atoms with E-state index in [4.69, 9.17) is 0 Å². The first kappa shape index (κ1) is 12.4. The summed E-state index contributed by atoms with van der Waals surface area (Å²) in [6, 6.07) is 10.3. The number of nitrogens with zero attached hydrogens (tertiary/aromatic N) is 2. The molecule has 0 aliphatic carbocycles. The van der Waals surface area contributed by atoms with Crippen LogP contribution in [0.25, 0.3) is 0 Å². The molecule has 0 spiro atoms. The van der Waals surface area contributed by atoms with Crippen molar-refractivity contribution in [3.8, 4) is 0 Å². The smallest absolute Gasteiger partial charge is 0.250 e. The van der Waals surface area contributed by atoms with E-state index in [1.807, 2.05) is 35.2 Å². The Balaban J connectivity index is 1.92. The van der Waals surface area contributed by atoms with Crippen LogP contribution in [0.15, 0.2) is 43.0 Å². The van der Waals surface area contributed by atoms with E-state index in [0.717, 1.165) is 12.2 Å². The van der Waals surface area contributed by atoms with E-state index < -0.39 is 0 Å². The van der Waals surface area contributed by atoms with Gasteiger partial charge in [-0.05, 0) is 50.1 Å². The van der Waals surface area contributed by atoms with Crippen LogP contribution >= 0.6 is 0 Å².